The first-order valence-electron chi connectivity index (χ1n) is 12.9. The van der Waals surface area contributed by atoms with Crippen LogP contribution in [-0.4, -0.2) is 40.2 Å². The highest BCUT2D eigenvalue weighted by atomic mass is 19.1. The number of carbonyl (C=O) groups is 2. The highest BCUT2D eigenvalue weighted by Gasteiger charge is 2.36. The number of aromatic nitrogens is 2. The molecule has 2 amide bonds. The number of benzene rings is 2. The number of nitrogens with zero attached hydrogens (tertiary/aromatic N) is 3. The van der Waals surface area contributed by atoms with Crippen molar-refractivity contribution in [1.82, 2.24) is 14.5 Å². The van der Waals surface area contributed by atoms with Crippen LogP contribution in [0.5, 0.6) is 0 Å². The maximum atomic E-state index is 15.2. The van der Waals surface area contributed by atoms with Crippen LogP contribution < -0.4 is 21.9 Å². The summed E-state index contributed by atoms with van der Waals surface area (Å²) in [5, 5.41) is 14.4. The fraction of sp³-hybridized carbons (Fsp3) is 0.393. The molecule has 10 nitrogen and oxygen atoms in total. The number of fused-ring (bicyclic) bond motifs is 1. The Balaban J connectivity index is 1.40. The minimum atomic E-state index is -0.807. The molecule has 1 saturated carbocycles. The van der Waals surface area contributed by atoms with Crippen molar-refractivity contribution in [1.29, 1.82) is 5.26 Å². The van der Waals surface area contributed by atoms with Crippen LogP contribution in [0.1, 0.15) is 48.7 Å². The molecule has 1 aromatic heterocycles. The van der Waals surface area contributed by atoms with E-state index in [2.05, 4.69) is 10.6 Å². The van der Waals surface area contributed by atoms with E-state index in [1.165, 1.54) is 39.5 Å². The summed E-state index contributed by atoms with van der Waals surface area (Å²) in [7, 11) is 0. The Morgan fingerprint density at radius 1 is 1.15 bits per heavy atom. The van der Waals surface area contributed by atoms with Crippen molar-refractivity contribution < 1.29 is 18.7 Å². The Kier molecular flexibility index (Phi) is 7.06. The first-order chi connectivity index (χ1) is 18.7. The monoisotopic (exact) mass is 533 g/mol. The Morgan fingerprint density at radius 2 is 1.87 bits per heavy atom. The highest BCUT2D eigenvalue weighted by molar-refractivity contribution is 5.98. The number of nitriles is 1. The number of hydrogen-bond acceptors (Lipinski definition) is 6. The van der Waals surface area contributed by atoms with Crippen LogP contribution in [0.15, 0.2) is 46.0 Å². The molecule has 2 heterocycles. The number of amides is 2. The third-order valence-corrected chi connectivity index (χ3v) is 7.18. The van der Waals surface area contributed by atoms with Gasteiger partial charge in [0.2, 0.25) is 5.91 Å². The minimum absolute atomic E-state index is 0.0143. The Labute approximate surface area is 223 Å². The van der Waals surface area contributed by atoms with Crippen LogP contribution in [-0.2, 0) is 16.1 Å². The van der Waals surface area contributed by atoms with Gasteiger partial charge in [-0.2, -0.15) is 5.26 Å². The predicted octanol–water partition coefficient (Wildman–Crippen LogP) is 2.55. The number of halogens is 1. The molecule has 2 aliphatic rings. The molecule has 1 aliphatic carbocycles. The van der Waals surface area contributed by atoms with Gasteiger partial charge in [-0.1, -0.05) is 0 Å². The Morgan fingerprint density at radius 3 is 2.51 bits per heavy atom. The SMILES string of the molecule is CC(C)n1c(=O)n(CC2CC2)c(=O)c2cc(NC(=O)[C@@H]3COC[C@@H]3NC(=O)c3ccc(C#N)cc3)c(F)cc21. The van der Waals surface area contributed by atoms with Crippen molar-refractivity contribution in [2.45, 2.75) is 45.3 Å². The zero-order valence-electron chi connectivity index (χ0n) is 21.6. The number of ether oxygens (including phenoxy) is 1. The van der Waals surface area contributed by atoms with Gasteiger partial charge in [-0.3, -0.25) is 23.5 Å². The van der Waals surface area contributed by atoms with Gasteiger partial charge in [0.25, 0.3) is 11.5 Å². The van der Waals surface area contributed by atoms with Gasteiger partial charge in [-0.05, 0) is 62.9 Å². The molecular formula is C28H28FN5O5. The molecule has 11 heteroatoms. The molecule has 0 bridgehead atoms. The highest BCUT2D eigenvalue weighted by Crippen LogP contribution is 2.30. The van der Waals surface area contributed by atoms with E-state index in [9.17, 15) is 19.2 Å². The van der Waals surface area contributed by atoms with E-state index in [1.807, 2.05) is 6.07 Å². The summed E-state index contributed by atoms with van der Waals surface area (Å²) in [6.07, 6.45) is 1.89. The lowest BCUT2D eigenvalue weighted by Crippen LogP contribution is -2.44. The molecule has 2 atom stereocenters. The standard InChI is InChI=1S/C28H28FN5O5/c1-15(2)34-24-10-21(29)22(9-19(24)27(37)33(28(34)38)12-17-3-4-17)31-26(36)20-13-39-14-23(20)32-25(35)18-7-5-16(11-30)6-8-18/h5-10,15,17,20,23H,3-4,12-14H2,1-2H3,(H,31,36)(H,32,35)/t20-,23+/m1/s1. The van der Waals surface area contributed by atoms with E-state index in [4.69, 9.17) is 10.00 Å². The molecule has 39 heavy (non-hydrogen) atoms. The van der Waals surface area contributed by atoms with Crippen LogP contribution >= 0.6 is 0 Å². The first-order valence-corrected chi connectivity index (χ1v) is 12.9. The molecule has 5 rings (SSSR count). The van der Waals surface area contributed by atoms with E-state index in [0.717, 1.165) is 18.9 Å². The zero-order valence-corrected chi connectivity index (χ0v) is 21.6. The summed E-state index contributed by atoms with van der Waals surface area (Å²) in [4.78, 5) is 52.2. The summed E-state index contributed by atoms with van der Waals surface area (Å²) in [6.45, 7) is 3.98. The summed E-state index contributed by atoms with van der Waals surface area (Å²) >= 11 is 0. The van der Waals surface area contributed by atoms with Crippen molar-refractivity contribution >= 4 is 28.4 Å². The molecule has 0 radical (unpaired) electrons. The molecule has 2 N–H and O–H groups in total. The number of anilines is 1. The third kappa shape index (κ3) is 5.20. The van der Waals surface area contributed by atoms with E-state index in [0.29, 0.717) is 17.7 Å². The van der Waals surface area contributed by atoms with Gasteiger partial charge in [0.1, 0.15) is 5.82 Å². The summed E-state index contributed by atoms with van der Waals surface area (Å²) < 4.78 is 23.2. The minimum Gasteiger partial charge on any atom is -0.378 e. The van der Waals surface area contributed by atoms with E-state index in [1.54, 1.807) is 13.8 Å². The van der Waals surface area contributed by atoms with Gasteiger partial charge in [-0.15, -0.1) is 0 Å². The second-order valence-corrected chi connectivity index (χ2v) is 10.4. The van der Waals surface area contributed by atoms with Crippen LogP contribution in [0.2, 0.25) is 0 Å². The van der Waals surface area contributed by atoms with Crippen LogP contribution in [0.3, 0.4) is 0 Å². The molecule has 2 fully saturated rings. The van der Waals surface area contributed by atoms with Crippen LogP contribution in [0, 0.1) is 29.0 Å². The lowest BCUT2D eigenvalue weighted by Gasteiger charge is -2.20. The maximum absolute atomic E-state index is 15.2. The topological polar surface area (TPSA) is 135 Å². The first kappa shape index (κ1) is 26.3. The largest absolute Gasteiger partial charge is 0.378 e. The fourth-order valence-electron chi connectivity index (χ4n) is 4.84. The Bertz CT molecular complexity index is 1620. The average Bonchev–Trinajstić information content (AvgIpc) is 3.62. The van der Waals surface area contributed by atoms with E-state index >= 15 is 4.39 Å². The van der Waals surface area contributed by atoms with E-state index < -0.39 is 40.8 Å². The van der Waals surface area contributed by atoms with Crippen molar-refractivity contribution in [3.05, 3.63) is 74.2 Å². The number of carbonyl (C=O) groups excluding carboxylic acids is 2. The van der Waals surface area contributed by atoms with Crippen LogP contribution in [0.4, 0.5) is 10.1 Å². The molecule has 1 saturated heterocycles. The second kappa shape index (κ2) is 10.5. The molecule has 2 aromatic carbocycles. The predicted molar refractivity (Wildman–Crippen MR) is 141 cm³/mol. The number of rotatable bonds is 7. The average molecular weight is 534 g/mol. The van der Waals surface area contributed by atoms with E-state index in [-0.39, 0.29) is 41.8 Å². The van der Waals surface area contributed by atoms with Gasteiger partial charge in [0.05, 0.1) is 53.4 Å². The smallest absolute Gasteiger partial charge is 0.331 e. The number of nitrogens with one attached hydrogen (secondary N) is 2. The lowest BCUT2D eigenvalue weighted by molar-refractivity contribution is -0.120. The van der Waals surface area contributed by atoms with Gasteiger partial charge < -0.3 is 15.4 Å². The van der Waals surface area contributed by atoms with Crippen molar-refractivity contribution in [2.24, 2.45) is 11.8 Å². The number of hydrogen-bond donors (Lipinski definition) is 2. The molecule has 202 valence electrons. The van der Waals surface area contributed by atoms with Crippen molar-refractivity contribution in [2.75, 3.05) is 18.5 Å². The molecule has 0 unspecified atom stereocenters. The Hall–Kier alpha value is -4.30. The quantitative estimate of drug-likeness (QED) is 0.479. The van der Waals surface area contributed by atoms with Gasteiger partial charge in [0.15, 0.2) is 0 Å². The zero-order chi connectivity index (χ0) is 27.8. The van der Waals surface area contributed by atoms with Gasteiger partial charge in [0, 0.05) is 24.2 Å². The fourth-order valence-corrected chi connectivity index (χ4v) is 4.84. The van der Waals surface area contributed by atoms with Crippen molar-refractivity contribution in [3.8, 4) is 6.07 Å². The van der Waals surface area contributed by atoms with Crippen LogP contribution in [0.25, 0.3) is 10.9 Å². The normalized spacial score (nSPS) is 18.7. The van der Waals surface area contributed by atoms with Gasteiger partial charge in [-0.25, -0.2) is 9.18 Å². The third-order valence-electron chi connectivity index (χ3n) is 7.18. The molecule has 1 aliphatic heterocycles. The lowest BCUT2D eigenvalue weighted by atomic mass is 10.0. The summed E-state index contributed by atoms with van der Waals surface area (Å²) in [5.41, 5.74) is -0.296. The molecule has 0 spiro atoms. The molecule has 3 aromatic rings. The molecular weight excluding hydrogens is 505 g/mol. The maximum Gasteiger partial charge on any atom is 0.331 e. The van der Waals surface area contributed by atoms with Gasteiger partial charge >= 0.3 is 5.69 Å². The second-order valence-electron chi connectivity index (χ2n) is 10.4. The van der Waals surface area contributed by atoms with Crippen molar-refractivity contribution in [3.63, 3.8) is 0 Å². The summed E-state index contributed by atoms with van der Waals surface area (Å²) in [5.74, 6) is -2.34. The summed E-state index contributed by atoms with van der Waals surface area (Å²) in [6, 6.07) is 9.43.